The third-order valence-corrected chi connectivity index (χ3v) is 9.70. The molecule has 0 amide bonds. The number of nitrogens with zero attached hydrogens (tertiary/aromatic N) is 1. The molecule has 5 aromatic rings. The summed E-state index contributed by atoms with van der Waals surface area (Å²) in [6.07, 6.45) is 16.6. The van der Waals surface area contributed by atoms with Crippen LogP contribution in [0.2, 0.25) is 0 Å². The van der Waals surface area contributed by atoms with E-state index in [1.165, 1.54) is 40.3 Å². The zero-order valence-electron chi connectivity index (χ0n) is 33.0. The maximum Gasteiger partial charge on any atom is 0.0537 e. The van der Waals surface area contributed by atoms with E-state index in [0.717, 1.165) is 28.2 Å². The van der Waals surface area contributed by atoms with Crippen molar-refractivity contribution >= 4 is 22.7 Å². The van der Waals surface area contributed by atoms with Crippen molar-refractivity contribution in [1.82, 2.24) is 4.57 Å². The van der Waals surface area contributed by atoms with E-state index in [2.05, 4.69) is 164 Å². The monoisotopic (exact) mass is 712 g/mol. The van der Waals surface area contributed by atoms with Crippen molar-refractivity contribution in [2.75, 3.05) is 12.4 Å². The lowest BCUT2D eigenvalue weighted by atomic mass is 9.69. The molecular formula is C50H56N4. The molecule has 1 heterocycles. The smallest absolute Gasteiger partial charge is 0.0537 e. The molecule has 3 unspecified atom stereocenters. The van der Waals surface area contributed by atoms with Gasteiger partial charge in [-0.05, 0) is 105 Å². The van der Waals surface area contributed by atoms with Gasteiger partial charge in [0.25, 0.3) is 0 Å². The summed E-state index contributed by atoms with van der Waals surface area (Å²) in [5.41, 5.74) is 29.4. The lowest BCUT2D eigenvalue weighted by Gasteiger charge is -2.36. The summed E-state index contributed by atoms with van der Waals surface area (Å²) in [6, 6.07) is 38.0. The van der Waals surface area contributed by atoms with E-state index in [4.69, 9.17) is 5.73 Å². The second-order valence-electron chi connectivity index (χ2n) is 13.0. The SMILES string of the molecule is C=CC.CC.CN.Cc1c(/C=C\C(C)C2=C(Nc3ccccc3)C=C=C2)n(-c2ccc(C(N)C(C)(C3=C=CC=C3)c3ccccc3)cc2)c2ccccc12. The number of hydrogen-bond donors (Lipinski definition) is 3. The molecule has 0 aliphatic heterocycles. The highest BCUT2D eigenvalue weighted by Gasteiger charge is 2.38. The molecule has 276 valence electrons. The van der Waals surface area contributed by atoms with Gasteiger partial charge < -0.3 is 21.4 Å². The first-order valence-corrected chi connectivity index (χ1v) is 18.8. The maximum atomic E-state index is 7.15. The van der Waals surface area contributed by atoms with Gasteiger partial charge in [0.05, 0.1) is 11.2 Å². The number of nitrogens with two attached hydrogens (primary N) is 2. The van der Waals surface area contributed by atoms with Gasteiger partial charge in [0.2, 0.25) is 0 Å². The van der Waals surface area contributed by atoms with Crippen molar-refractivity contribution in [2.45, 2.75) is 53.0 Å². The van der Waals surface area contributed by atoms with Gasteiger partial charge in [0.15, 0.2) is 0 Å². The lowest BCUT2D eigenvalue weighted by Crippen LogP contribution is -2.37. The van der Waals surface area contributed by atoms with Crippen LogP contribution in [0.25, 0.3) is 22.7 Å². The van der Waals surface area contributed by atoms with Gasteiger partial charge in [-0.3, -0.25) is 0 Å². The quantitative estimate of drug-likeness (QED) is 0.0997. The molecule has 4 aromatic carbocycles. The van der Waals surface area contributed by atoms with E-state index < -0.39 is 5.41 Å². The summed E-state index contributed by atoms with van der Waals surface area (Å²) in [6.45, 7) is 15.9. The van der Waals surface area contributed by atoms with Crippen LogP contribution in [0.4, 0.5) is 5.69 Å². The van der Waals surface area contributed by atoms with Gasteiger partial charge in [-0.25, -0.2) is 0 Å². The van der Waals surface area contributed by atoms with Gasteiger partial charge in [0.1, 0.15) is 0 Å². The van der Waals surface area contributed by atoms with Crippen LogP contribution in [0.5, 0.6) is 0 Å². The van der Waals surface area contributed by atoms with E-state index in [9.17, 15) is 0 Å². The molecule has 2 aliphatic carbocycles. The molecule has 4 heteroatoms. The Morgan fingerprint density at radius 1 is 0.852 bits per heavy atom. The number of allylic oxidation sites excluding steroid dienone is 6. The topological polar surface area (TPSA) is 69.0 Å². The summed E-state index contributed by atoms with van der Waals surface area (Å²) in [5, 5.41) is 4.81. The van der Waals surface area contributed by atoms with Crippen LogP contribution in [0.15, 0.2) is 187 Å². The Labute approximate surface area is 323 Å². The second kappa shape index (κ2) is 19.8. The fourth-order valence-electron chi connectivity index (χ4n) is 6.88. The second-order valence-corrected chi connectivity index (χ2v) is 13.0. The molecule has 2 aliphatic rings. The van der Waals surface area contributed by atoms with Crippen molar-refractivity contribution in [3.05, 3.63) is 209 Å². The minimum absolute atomic E-state index is 0.183. The Bertz CT molecular complexity index is 2220. The Morgan fingerprint density at radius 2 is 1.46 bits per heavy atom. The zero-order chi connectivity index (χ0) is 39.1. The average molecular weight is 713 g/mol. The van der Waals surface area contributed by atoms with Crippen molar-refractivity contribution in [3.63, 3.8) is 0 Å². The van der Waals surface area contributed by atoms with Crippen molar-refractivity contribution in [3.8, 4) is 5.69 Å². The molecule has 0 saturated heterocycles. The lowest BCUT2D eigenvalue weighted by molar-refractivity contribution is 0.456. The molecule has 0 saturated carbocycles. The minimum atomic E-state index is -0.431. The highest BCUT2D eigenvalue weighted by molar-refractivity contribution is 5.90. The number of nitrogens with one attached hydrogen (secondary N) is 1. The summed E-state index contributed by atoms with van der Waals surface area (Å²) in [4.78, 5) is 0. The summed E-state index contributed by atoms with van der Waals surface area (Å²) in [5.74, 6) is 0.183. The fourth-order valence-corrected chi connectivity index (χ4v) is 6.88. The predicted molar refractivity (Wildman–Crippen MR) is 235 cm³/mol. The highest BCUT2D eigenvalue weighted by atomic mass is 15.0. The first-order valence-electron chi connectivity index (χ1n) is 18.8. The molecule has 0 spiro atoms. The summed E-state index contributed by atoms with van der Waals surface area (Å²) in [7, 11) is 1.50. The van der Waals surface area contributed by atoms with Crippen LogP contribution < -0.4 is 16.8 Å². The predicted octanol–water partition coefficient (Wildman–Crippen LogP) is 12.1. The average Bonchev–Trinajstić information content (AvgIpc) is 4.00. The minimum Gasteiger partial charge on any atom is -0.355 e. The van der Waals surface area contributed by atoms with Crippen LogP contribution in [0.3, 0.4) is 0 Å². The first kappa shape index (κ1) is 40.9. The Balaban J connectivity index is 0.000000872. The molecule has 54 heavy (non-hydrogen) atoms. The Morgan fingerprint density at radius 3 is 2.09 bits per heavy atom. The summed E-state index contributed by atoms with van der Waals surface area (Å²) < 4.78 is 2.37. The van der Waals surface area contributed by atoms with Gasteiger partial charge >= 0.3 is 0 Å². The molecule has 4 nitrogen and oxygen atoms in total. The number of benzene rings is 4. The number of rotatable bonds is 10. The van der Waals surface area contributed by atoms with Crippen LogP contribution in [0.1, 0.15) is 63.0 Å². The number of anilines is 1. The van der Waals surface area contributed by atoms with E-state index in [-0.39, 0.29) is 12.0 Å². The van der Waals surface area contributed by atoms with E-state index in [1.54, 1.807) is 6.08 Å². The first-order chi connectivity index (χ1) is 26.4. The number of hydrogen-bond acceptors (Lipinski definition) is 3. The maximum absolute atomic E-state index is 7.15. The van der Waals surface area contributed by atoms with E-state index in [0.29, 0.717) is 0 Å². The van der Waals surface area contributed by atoms with Crippen molar-refractivity contribution in [1.29, 1.82) is 0 Å². The molecule has 0 fully saturated rings. The molecule has 0 radical (unpaired) electrons. The van der Waals surface area contributed by atoms with Crippen LogP contribution >= 0.6 is 0 Å². The number of aryl methyl sites for hydroxylation is 1. The van der Waals surface area contributed by atoms with E-state index in [1.807, 2.05) is 63.3 Å². The third-order valence-electron chi connectivity index (χ3n) is 9.70. The van der Waals surface area contributed by atoms with Gasteiger partial charge in [-0.15, -0.1) is 18.0 Å². The van der Waals surface area contributed by atoms with Gasteiger partial charge in [-0.1, -0.05) is 118 Å². The molecular weight excluding hydrogens is 657 g/mol. The third kappa shape index (κ3) is 8.84. The van der Waals surface area contributed by atoms with Crippen LogP contribution in [-0.2, 0) is 5.41 Å². The molecule has 0 bridgehead atoms. The van der Waals surface area contributed by atoms with Gasteiger partial charge in [-0.2, -0.15) is 0 Å². The zero-order valence-corrected chi connectivity index (χ0v) is 33.0. The Hall–Kier alpha value is -5.86. The van der Waals surface area contributed by atoms with Crippen molar-refractivity contribution in [2.24, 2.45) is 17.4 Å². The van der Waals surface area contributed by atoms with Crippen molar-refractivity contribution < 1.29 is 0 Å². The number of para-hydroxylation sites is 2. The standard InChI is InChI=1S/C44H39N3.C3H6.C2H6.CH5N/c1-31(38-22-14-23-40(38)46-36-19-8-5-9-20-36)25-30-41-32(2)39-21-12-13-24-42(39)47(41)37-28-26-33(27-29-37)43(45)44(3,35-17-10-11-18-35)34-15-6-4-7-16-34;1-3-2;2*1-2/h4-13,15-17,19-31,43,46H,45H2,1-3H3;3H,1H2,2H3;1-2H3;2H2,1H3/b30-25-;;;. The van der Waals surface area contributed by atoms with E-state index >= 15 is 0 Å². The molecule has 7 rings (SSSR count). The van der Waals surface area contributed by atoms with Crippen LogP contribution in [-0.4, -0.2) is 11.6 Å². The molecule has 3 atom stereocenters. The normalized spacial score (nSPS) is 14.6. The number of aromatic nitrogens is 1. The largest absolute Gasteiger partial charge is 0.355 e. The molecule has 5 N–H and O–H groups in total. The Kier molecular flexibility index (Phi) is 15.0. The van der Waals surface area contributed by atoms with Crippen LogP contribution in [0, 0.1) is 12.8 Å². The number of fused-ring (bicyclic) bond motifs is 1. The van der Waals surface area contributed by atoms with Gasteiger partial charge in [0, 0.05) is 51.5 Å². The molecule has 1 aromatic heterocycles. The fraction of sp³-hybridized carbons (Fsp3) is 0.200. The highest BCUT2D eigenvalue weighted by Crippen LogP contribution is 2.43. The summed E-state index contributed by atoms with van der Waals surface area (Å²) >= 11 is 0.